The van der Waals surface area contributed by atoms with Crippen molar-refractivity contribution in [1.82, 2.24) is 13.9 Å². The molecule has 0 unspecified atom stereocenters. The summed E-state index contributed by atoms with van der Waals surface area (Å²) >= 11 is 0. The lowest BCUT2D eigenvalue weighted by atomic mass is 10.1. The SMILES string of the molecule is COc1ccc2[nH]cc(-c3cc4cccnc4n3S(=O)(=O)c3ccc(C)cc3)c2c1. The van der Waals surface area contributed by atoms with Gasteiger partial charge < -0.3 is 9.72 Å². The minimum atomic E-state index is -3.87. The molecule has 0 amide bonds. The van der Waals surface area contributed by atoms with Crippen molar-refractivity contribution in [3.63, 3.8) is 0 Å². The Morgan fingerprint density at radius 1 is 1.03 bits per heavy atom. The Morgan fingerprint density at radius 3 is 2.60 bits per heavy atom. The van der Waals surface area contributed by atoms with Crippen LogP contribution in [0, 0.1) is 6.92 Å². The number of benzene rings is 2. The molecular formula is C23H19N3O3S. The molecule has 5 aromatic rings. The van der Waals surface area contributed by atoms with E-state index in [-0.39, 0.29) is 4.90 Å². The first-order valence-corrected chi connectivity index (χ1v) is 10.9. The van der Waals surface area contributed by atoms with Gasteiger partial charge in [-0.1, -0.05) is 17.7 Å². The average Bonchev–Trinajstić information content (AvgIpc) is 3.34. The molecule has 0 atom stereocenters. The highest BCUT2D eigenvalue weighted by molar-refractivity contribution is 7.90. The van der Waals surface area contributed by atoms with Crippen LogP contribution in [0.5, 0.6) is 5.75 Å². The van der Waals surface area contributed by atoms with Crippen LogP contribution in [0.2, 0.25) is 0 Å². The molecule has 30 heavy (non-hydrogen) atoms. The van der Waals surface area contributed by atoms with E-state index in [1.54, 1.807) is 43.6 Å². The molecule has 0 aliphatic heterocycles. The Labute approximate surface area is 173 Å². The zero-order valence-corrected chi connectivity index (χ0v) is 17.3. The Bertz CT molecular complexity index is 1500. The number of H-pyrrole nitrogens is 1. The van der Waals surface area contributed by atoms with Crippen LogP contribution < -0.4 is 4.74 Å². The number of nitrogens with one attached hydrogen (secondary N) is 1. The van der Waals surface area contributed by atoms with E-state index in [2.05, 4.69) is 9.97 Å². The van der Waals surface area contributed by atoms with Crippen molar-refractivity contribution in [2.75, 3.05) is 7.11 Å². The maximum Gasteiger partial charge on any atom is 0.269 e. The summed E-state index contributed by atoms with van der Waals surface area (Å²) in [5, 5.41) is 1.62. The van der Waals surface area contributed by atoms with Crippen molar-refractivity contribution >= 4 is 32.0 Å². The lowest BCUT2D eigenvalue weighted by Crippen LogP contribution is -2.14. The van der Waals surface area contributed by atoms with Gasteiger partial charge >= 0.3 is 0 Å². The monoisotopic (exact) mass is 417 g/mol. The minimum absolute atomic E-state index is 0.218. The average molecular weight is 417 g/mol. The third-order valence-corrected chi connectivity index (χ3v) is 6.96. The molecule has 3 heterocycles. The summed E-state index contributed by atoms with van der Waals surface area (Å²) in [6.07, 6.45) is 3.42. The molecule has 0 spiro atoms. The lowest BCUT2D eigenvalue weighted by Gasteiger charge is -2.11. The highest BCUT2D eigenvalue weighted by atomic mass is 32.2. The molecule has 0 aliphatic carbocycles. The first-order valence-electron chi connectivity index (χ1n) is 9.43. The van der Waals surface area contributed by atoms with E-state index in [1.807, 2.05) is 43.5 Å². The number of aryl methyl sites for hydroxylation is 1. The predicted octanol–water partition coefficient (Wildman–Crippen LogP) is 4.74. The van der Waals surface area contributed by atoms with Crippen molar-refractivity contribution < 1.29 is 13.2 Å². The zero-order chi connectivity index (χ0) is 20.9. The highest BCUT2D eigenvalue weighted by Crippen LogP contribution is 2.36. The van der Waals surface area contributed by atoms with Gasteiger partial charge in [0, 0.05) is 34.2 Å². The topological polar surface area (TPSA) is 77.0 Å². The van der Waals surface area contributed by atoms with Gasteiger partial charge in [0.05, 0.1) is 17.7 Å². The molecule has 0 saturated carbocycles. The summed E-state index contributed by atoms with van der Waals surface area (Å²) in [7, 11) is -2.26. The number of hydrogen-bond donors (Lipinski definition) is 1. The minimum Gasteiger partial charge on any atom is -0.497 e. The second-order valence-electron chi connectivity index (χ2n) is 7.14. The molecule has 0 saturated heterocycles. The number of aromatic nitrogens is 3. The number of pyridine rings is 1. The van der Waals surface area contributed by atoms with Crippen molar-refractivity contribution in [2.45, 2.75) is 11.8 Å². The van der Waals surface area contributed by atoms with Gasteiger partial charge in [0.25, 0.3) is 10.0 Å². The molecule has 2 aromatic carbocycles. The number of rotatable bonds is 4. The third kappa shape index (κ3) is 2.78. The summed E-state index contributed by atoms with van der Waals surface area (Å²) in [5.74, 6) is 0.700. The van der Waals surface area contributed by atoms with E-state index < -0.39 is 10.0 Å². The van der Waals surface area contributed by atoms with Gasteiger partial charge in [-0.15, -0.1) is 0 Å². The molecule has 5 rings (SSSR count). The van der Waals surface area contributed by atoms with E-state index >= 15 is 0 Å². The smallest absolute Gasteiger partial charge is 0.269 e. The van der Waals surface area contributed by atoms with E-state index in [9.17, 15) is 8.42 Å². The molecule has 7 heteroatoms. The Balaban J connectivity index is 1.84. The fourth-order valence-corrected chi connectivity index (χ4v) is 5.18. The molecule has 150 valence electrons. The second-order valence-corrected chi connectivity index (χ2v) is 8.93. The number of fused-ring (bicyclic) bond motifs is 2. The number of aromatic amines is 1. The molecule has 0 radical (unpaired) electrons. The van der Waals surface area contributed by atoms with E-state index in [4.69, 9.17) is 4.74 Å². The normalized spacial score (nSPS) is 11.9. The Kier molecular flexibility index (Phi) is 4.15. The van der Waals surface area contributed by atoms with Crippen LogP contribution in [0.3, 0.4) is 0 Å². The maximum atomic E-state index is 13.7. The molecule has 0 bridgehead atoms. The van der Waals surface area contributed by atoms with Crippen LogP contribution in [-0.2, 0) is 10.0 Å². The summed E-state index contributed by atoms with van der Waals surface area (Å²) in [4.78, 5) is 7.83. The fourth-order valence-electron chi connectivity index (χ4n) is 3.70. The summed E-state index contributed by atoms with van der Waals surface area (Å²) in [6, 6.07) is 18.0. The van der Waals surface area contributed by atoms with Crippen LogP contribution in [0.25, 0.3) is 33.2 Å². The van der Waals surface area contributed by atoms with Crippen molar-refractivity contribution in [1.29, 1.82) is 0 Å². The summed E-state index contributed by atoms with van der Waals surface area (Å²) in [6.45, 7) is 1.92. The Hall–Kier alpha value is -3.58. The zero-order valence-electron chi connectivity index (χ0n) is 16.5. The summed E-state index contributed by atoms with van der Waals surface area (Å²) < 4.78 is 34.1. The van der Waals surface area contributed by atoms with Crippen molar-refractivity contribution in [2.24, 2.45) is 0 Å². The standard InChI is InChI=1S/C23H19N3O3S/c1-15-5-8-18(9-6-15)30(27,28)26-22(12-16-4-3-11-24-23(16)26)20-14-25-21-10-7-17(29-2)13-19(20)21/h3-14,25H,1-2H3. The number of hydrogen-bond acceptors (Lipinski definition) is 4. The molecule has 1 N–H and O–H groups in total. The van der Waals surface area contributed by atoms with E-state index in [1.165, 1.54) is 3.97 Å². The van der Waals surface area contributed by atoms with Crippen LogP contribution in [-0.4, -0.2) is 29.5 Å². The molecular weight excluding hydrogens is 398 g/mol. The number of methoxy groups -OCH3 is 1. The number of nitrogens with zero attached hydrogens (tertiary/aromatic N) is 2. The first kappa shape index (κ1) is 18.4. The summed E-state index contributed by atoms with van der Waals surface area (Å²) in [5.41, 5.74) is 3.59. The predicted molar refractivity (Wildman–Crippen MR) is 117 cm³/mol. The van der Waals surface area contributed by atoms with Crippen molar-refractivity contribution in [3.05, 3.63) is 78.6 Å². The van der Waals surface area contributed by atoms with Gasteiger partial charge in [-0.25, -0.2) is 17.4 Å². The second kappa shape index (κ2) is 6.74. The lowest BCUT2D eigenvalue weighted by molar-refractivity contribution is 0.415. The van der Waals surface area contributed by atoms with Crippen LogP contribution in [0.1, 0.15) is 5.56 Å². The van der Waals surface area contributed by atoms with Gasteiger partial charge in [-0.05, 0) is 55.5 Å². The highest BCUT2D eigenvalue weighted by Gasteiger charge is 2.26. The van der Waals surface area contributed by atoms with Crippen LogP contribution in [0.4, 0.5) is 0 Å². The maximum absolute atomic E-state index is 13.7. The quantitative estimate of drug-likeness (QED) is 0.458. The van der Waals surface area contributed by atoms with Gasteiger partial charge in [0.1, 0.15) is 5.75 Å². The fraction of sp³-hybridized carbons (Fsp3) is 0.0870. The van der Waals surface area contributed by atoms with Gasteiger partial charge in [0.2, 0.25) is 0 Å². The van der Waals surface area contributed by atoms with Crippen molar-refractivity contribution in [3.8, 4) is 17.0 Å². The van der Waals surface area contributed by atoms with Crippen LogP contribution in [0.15, 0.2) is 78.0 Å². The molecule has 6 nitrogen and oxygen atoms in total. The molecule has 3 aromatic heterocycles. The molecule has 0 fully saturated rings. The number of ether oxygens (including phenoxy) is 1. The van der Waals surface area contributed by atoms with E-state index in [0.717, 1.165) is 27.4 Å². The van der Waals surface area contributed by atoms with E-state index in [0.29, 0.717) is 17.1 Å². The molecule has 0 aliphatic rings. The third-order valence-electron chi connectivity index (χ3n) is 5.24. The van der Waals surface area contributed by atoms with Gasteiger partial charge in [0.15, 0.2) is 5.65 Å². The van der Waals surface area contributed by atoms with Gasteiger partial charge in [-0.2, -0.15) is 0 Å². The largest absolute Gasteiger partial charge is 0.497 e. The first-order chi connectivity index (χ1) is 14.5. The van der Waals surface area contributed by atoms with Crippen LogP contribution >= 0.6 is 0 Å². The van der Waals surface area contributed by atoms with Gasteiger partial charge in [-0.3, -0.25) is 0 Å². The Morgan fingerprint density at radius 2 is 1.83 bits per heavy atom.